The zero-order chi connectivity index (χ0) is 12.6. The summed E-state index contributed by atoms with van der Waals surface area (Å²) in [6.45, 7) is 3.08. The van der Waals surface area contributed by atoms with E-state index >= 15 is 0 Å². The molecule has 0 aliphatic heterocycles. The van der Waals surface area contributed by atoms with E-state index in [2.05, 4.69) is 55.5 Å². The Balaban J connectivity index is 2.14. The summed E-state index contributed by atoms with van der Waals surface area (Å²) < 4.78 is 0. The number of hydrogen-bond donors (Lipinski definition) is 1. The van der Waals surface area contributed by atoms with Gasteiger partial charge in [-0.1, -0.05) is 61.1 Å². The van der Waals surface area contributed by atoms with E-state index in [4.69, 9.17) is 5.73 Å². The molecule has 0 radical (unpaired) electrons. The smallest absolute Gasteiger partial charge is 0.0183 e. The van der Waals surface area contributed by atoms with Crippen molar-refractivity contribution in [2.75, 3.05) is 6.54 Å². The highest BCUT2D eigenvalue weighted by molar-refractivity contribution is 5.81. The summed E-state index contributed by atoms with van der Waals surface area (Å²) in [7, 11) is 0. The van der Waals surface area contributed by atoms with Crippen molar-refractivity contribution >= 4 is 5.57 Å². The maximum Gasteiger partial charge on any atom is 0.0183 e. The zero-order valence-electron chi connectivity index (χ0n) is 10.8. The Morgan fingerprint density at radius 3 is 2.78 bits per heavy atom. The molecule has 2 N–H and O–H groups in total. The summed E-state index contributed by atoms with van der Waals surface area (Å²) in [5, 5.41) is 0. The van der Waals surface area contributed by atoms with Crippen LogP contribution in [0.1, 0.15) is 24.5 Å². The molecule has 1 unspecified atom stereocenters. The lowest BCUT2D eigenvalue weighted by Gasteiger charge is -2.29. The van der Waals surface area contributed by atoms with Crippen LogP contribution in [0.5, 0.6) is 0 Å². The number of nitrogens with two attached hydrogens (primary N) is 1. The van der Waals surface area contributed by atoms with Crippen LogP contribution in [0.4, 0.5) is 0 Å². The number of allylic oxidation sites excluding steroid dienone is 5. The molecule has 0 saturated carbocycles. The summed E-state index contributed by atoms with van der Waals surface area (Å²) >= 11 is 0. The molecule has 18 heavy (non-hydrogen) atoms. The Labute approximate surface area is 109 Å². The lowest BCUT2D eigenvalue weighted by Crippen LogP contribution is -2.21. The Hall–Kier alpha value is -1.60. The molecule has 92 valence electrons. The molecule has 0 aromatic heterocycles. The SMILES string of the molecule is CC12Cc3ccccc3C1=CC=CC=C2CCN. The molecule has 1 atom stereocenters. The van der Waals surface area contributed by atoms with Crippen LogP contribution in [0.2, 0.25) is 0 Å². The molecule has 2 aliphatic rings. The third kappa shape index (κ3) is 1.58. The molecule has 0 fully saturated rings. The fourth-order valence-corrected chi connectivity index (χ4v) is 3.29. The van der Waals surface area contributed by atoms with Crippen molar-refractivity contribution in [3.05, 3.63) is 65.3 Å². The van der Waals surface area contributed by atoms with Crippen molar-refractivity contribution in [2.45, 2.75) is 19.8 Å². The number of fused-ring (bicyclic) bond motifs is 3. The van der Waals surface area contributed by atoms with Gasteiger partial charge in [0.2, 0.25) is 0 Å². The van der Waals surface area contributed by atoms with Gasteiger partial charge in [-0.15, -0.1) is 0 Å². The number of hydrogen-bond acceptors (Lipinski definition) is 1. The van der Waals surface area contributed by atoms with Crippen LogP contribution in [-0.2, 0) is 6.42 Å². The molecule has 0 amide bonds. The molecule has 0 bridgehead atoms. The summed E-state index contributed by atoms with van der Waals surface area (Å²) in [6, 6.07) is 8.76. The molecule has 0 heterocycles. The third-order valence-electron chi connectivity index (χ3n) is 4.24. The van der Waals surface area contributed by atoms with Crippen LogP contribution in [-0.4, -0.2) is 6.54 Å². The molecule has 2 aliphatic carbocycles. The fraction of sp³-hybridized carbons (Fsp3) is 0.294. The van der Waals surface area contributed by atoms with E-state index in [1.165, 1.54) is 22.3 Å². The van der Waals surface area contributed by atoms with Gasteiger partial charge >= 0.3 is 0 Å². The van der Waals surface area contributed by atoms with Gasteiger partial charge in [0.15, 0.2) is 0 Å². The Morgan fingerprint density at radius 1 is 1.17 bits per heavy atom. The van der Waals surface area contributed by atoms with Crippen LogP contribution in [0, 0.1) is 5.41 Å². The first-order valence-corrected chi connectivity index (χ1v) is 6.62. The van der Waals surface area contributed by atoms with Gasteiger partial charge in [-0.2, -0.15) is 0 Å². The molecular weight excluding hydrogens is 218 g/mol. The van der Waals surface area contributed by atoms with E-state index in [-0.39, 0.29) is 5.41 Å². The maximum atomic E-state index is 5.77. The van der Waals surface area contributed by atoms with Gasteiger partial charge in [0, 0.05) is 5.41 Å². The highest BCUT2D eigenvalue weighted by atomic mass is 14.5. The molecule has 3 rings (SSSR count). The monoisotopic (exact) mass is 237 g/mol. The second-order valence-electron chi connectivity index (χ2n) is 5.36. The second kappa shape index (κ2) is 4.25. The van der Waals surface area contributed by atoms with Crippen LogP contribution < -0.4 is 5.73 Å². The van der Waals surface area contributed by atoms with E-state index < -0.39 is 0 Å². The average molecular weight is 237 g/mol. The molecule has 1 aromatic carbocycles. The normalized spacial score (nSPS) is 25.0. The largest absolute Gasteiger partial charge is 0.330 e. The Bertz CT molecular complexity index is 563. The summed E-state index contributed by atoms with van der Waals surface area (Å²) in [5.74, 6) is 0. The van der Waals surface area contributed by atoms with Gasteiger partial charge in [-0.05, 0) is 36.1 Å². The Morgan fingerprint density at radius 2 is 1.94 bits per heavy atom. The predicted molar refractivity (Wildman–Crippen MR) is 77.1 cm³/mol. The minimum Gasteiger partial charge on any atom is -0.330 e. The van der Waals surface area contributed by atoms with E-state index in [9.17, 15) is 0 Å². The van der Waals surface area contributed by atoms with Gasteiger partial charge in [-0.3, -0.25) is 0 Å². The average Bonchev–Trinajstić information content (AvgIpc) is 2.57. The lowest BCUT2D eigenvalue weighted by atomic mass is 9.74. The summed E-state index contributed by atoms with van der Waals surface area (Å²) in [4.78, 5) is 0. The maximum absolute atomic E-state index is 5.77. The quantitative estimate of drug-likeness (QED) is 0.837. The van der Waals surface area contributed by atoms with Gasteiger partial charge in [0.05, 0.1) is 0 Å². The van der Waals surface area contributed by atoms with E-state index in [0.717, 1.165) is 19.4 Å². The number of rotatable bonds is 2. The number of benzene rings is 1. The van der Waals surface area contributed by atoms with Crippen molar-refractivity contribution in [1.29, 1.82) is 0 Å². The topological polar surface area (TPSA) is 26.0 Å². The van der Waals surface area contributed by atoms with Crippen LogP contribution in [0.3, 0.4) is 0 Å². The van der Waals surface area contributed by atoms with E-state index in [1.54, 1.807) is 0 Å². The molecule has 0 saturated heterocycles. The molecule has 1 heteroatoms. The molecule has 0 spiro atoms. The first-order chi connectivity index (χ1) is 8.75. The van der Waals surface area contributed by atoms with Crippen molar-refractivity contribution in [3.63, 3.8) is 0 Å². The van der Waals surface area contributed by atoms with E-state index in [1.807, 2.05) is 0 Å². The molecule has 1 nitrogen and oxygen atoms in total. The van der Waals surface area contributed by atoms with Gasteiger partial charge < -0.3 is 5.73 Å². The van der Waals surface area contributed by atoms with Crippen LogP contribution in [0.15, 0.2) is 54.1 Å². The standard InChI is InChI=1S/C17H19N/c1-17-12-13-6-2-4-8-15(13)16(17)9-5-3-7-14(17)10-11-18/h2-9H,10-12,18H2,1H3. The Kier molecular flexibility index (Phi) is 2.71. The second-order valence-corrected chi connectivity index (χ2v) is 5.36. The molecule has 1 aromatic rings. The van der Waals surface area contributed by atoms with Crippen molar-refractivity contribution in [1.82, 2.24) is 0 Å². The van der Waals surface area contributed by atoms with Crippen molar-refractivity contribution < 1.29 is 0 Å². The fourth-order valence-electron chi connectivity index (χ4n) is 3.29. The first kappa shape index (κ1) is 11.5. The third-order valence-corrected chi connectivity index (χ3v) is 4.24. The first-order valence-electron chi connectivity index (χ1n) is 6.62. The van der Waals surface area contributed by atoms with Crippen LogP contribution >= 0.6 is 0 Å². The van der Waals surface area contributed by atoms with Gasteiger partial charge in [0.1, 0.15) is 0 Å². The van der Waals surface area contributed by atoms with Crippen molar-refractivity contribution in [2.24, 2.45) is 11.1 Å². The van der Waals surface area contributed by atoms with Crippen LogP contribution in [0.25, 0.3) is 5.57 Å². The van der Waals surface area contributed by atoms with E-state index in [0.29, 0.717) is 0 Å². The highest BCUT2D eigenvalue weighted by Gasteiger charge is 2.39. The minimum absolute atomic E-state index is 0.132. The lowest BCUT2D eigenvalue weighted by molar-refractivity contribution is 0.532. The summed E-state index contributed by atoms with van der Waals surface area (Å²) in [6.07, 6.45) is 10.9. The highest BCUT2D eigenvalue weighted by Crippen LogP contribution is 2.52. The zero-order valence-corrected chi connectivity index (χ0v) is 10.8. The van der Waals surface area contributed by atoms with Crippen molar-refractivity contribution in [3.8, 4) is 0 Å². The van der Waals surface area contributed by atoms with Gasteiger partial charge in [-0.25, -0.2) is 0 Å². The van der Waals surface area contributed by atoms with Gasteiger partial charge in [0.25, 0.3) is 0 Å². The molecular formula is C17H19N. The predicted octanol–water partition coefficient (Wildman–Crippen LogP) is 3.48. The minimum atomic E-state index is 0.132. The summed E-state index contributed by atoms with van der Waals surface area (Å²) in [5.41, 5.74) is 11.7.